The zero-order valence-corrected chi connectivity index (χ0v) is 10.2. The first-order chi connectivity index (χ1) is 8.09. The second-order valence-corrected chi connectivity index (χ2v) is 4.35. The smallest absolute Gasteiger partial charge is 0.304 e. The number of anilines is 1. The molecule has 0 radical (unpaired) electrons. The molecule has 92 valence electrons. The predicted octanol–water partition coefficient (Wildman–Crippen LogP) is 1.96. The number of amides is 1. The van der Waals surface area contributed by atoms with E-state index < -0.39 is 5.97 Å². The summed E-state index contributed by atoms with van der Waals surface area (Å²) in [6, 6.07) is 9.36. The third kappa shape index (κ3) is 5.26. The second kappa shape index (κ2) is 6.80. The van der Waals surface area contributed by atoms with Crippen LogP contribution < -0.4 is 10.4 Å². The van der Waals surface area contributed by atoms with Crippen LogP contribution >= 0.6 is 11.8 Å². The van der Waals surface area contributed by atoms with Crippen LogP contribution in [0.15, 0.2) is 30.3 Å². The van der Waals surface area contributed by atoms with Gasteiger partial charge in [0.05, 0.1) is 12.1 Å². The third-order valence-corrected chi connectivity index (χ3v) is 2.71. The first-order valence-corrected chi connectivity index (χ1v) is 6.02. The van der Waals surface area contributed by atoms with Gasteiger partial charge in [-0.05, 0) is 12.1 Å². The summed E-state index contributed by atoms with van der Waals surface area (Å²) in [6.45, 7) is 0. The van der Waals surface area contributed by atoms with Gasteiger partial charge in [0.25, 0.3) is 5.24 Å². The minimum Gasteiger partial charge on any atom is -0.481 e. The summed E-state index contributed by atoms with van der Waals surface area (Å²) in [5, 5.41) is 9.76. The molecule has 6 heteroatoms. The topological polar surface area (TPSA) is 69.6 Å². The van der Waals surface area contributed by atoms with Crippen molar-refractivity contribution in [3.63, 3.8) is 0 Å². The van der Waals surface area contributed by atoms with E-state index in [0.717, 1.165) is 17.4 Å². The molecule has 1 rings (SSSR count). The molecule has 0 fully saturated rings. The largest absolute Gasteiger partial charge is 0.481 e. The van der Waals surface area contributed by atoms with E-state index in [1.54, 1.807) is 12.1 Å². The first kappa shape index (κ1) is 13.4. The van der Waals surface area contributed by atoms with Crippen LogP contribution in [0.1, 0.15) is 6.42 Å². The number of carboxylic acid groups (broad SMARTS) is 1. The third-order valence-electron chi connectivity index (χ3n) is 1.95. The molecule has 1 amide bonds. The van der Waals surface area contributed by atoms with E-state index in [4.69, 9.17) is 5.11 Å². The molecule has 0 bridgehead atoms. The summed E-state index contributed by atoms with van der Waals surface area (Å²) >= 11 is 0.955. The Morgan fingerprint density at radius 2 is 2.00 bits per heavy atom. The highest BCUT2D eigenvalue weighted by Gasteiger charge is 2.07. The first-order valence-electron chi connectivity index (χ1n) is 5.03. The van der Waals surface area contributed by atoms with Crippen LogP contribution in [0.4, 0.5) is 10.5 Å². The molecule has 1 aromatic rings. The van der Waals surface area contributed by atoms with Gasteiger partial charge >= 0.3 is 5.97 Å². The lowest BCUT2D eigenvalue weighted by Gasteiger charge is -2.19. The number of benzene rings is 1. The van der Waals surface area contributed by atoms with Crippen molar-refractivity contribution in [3.8, 4) is 0 Å². The number of rotatable bonds is 5. The van der Waals surface area contributed by atoms with Crippen LogP contribution in [0.25, 0.3) is 0 Å². The maximum atomic E-state index is 11.4. The minimum atomic E-state index is -0.901. The lowest BCUT2D eigenvalue weighted by Crippen LogP contribution is -2.37. The number of hydrogen-bond acceptors (Lipinski definition) is 4. The molecule has 0 saturated carbocycles. The van der Waals surface area contributed by atoms with Gasteiger partial charge < -0.3 is 5.11 Å². The van der Waals surface area contributed by atoms with Crippen molar-refractivity contribution < 1.29 is 14.7 Å². The Morgan fingerprint density at radius 3 is 2.59 bits per heavy atom. The number of aliphatic carboxylic acids is 1. The van der Waals surface area contributed by atoms with Crippen molar-refractivity contribution in [1.82, 2.24) is 5.43 Å². The zero-order valence-electron chi connectivity index (χ0n) is 9.42. The van der Waals surface area contributed by atoms with Crippen LogP contribution in [-0.4, -0.2) is 29.1 Å². The molecule has 5 nitrogen and oxygen atoms in total. The van der Waals surface area contributed by atoms with Crippen LogP contribution in [0.5, 0.6) is 0 Å². The second-order valence-electron chi connectivity index (χ2n) is 3.29. The monoisotopic (exact) mass is 254 g/mol. The Kier molecular flexibility index (Phi) is 5.35. The fraction of sp³-hybridized carbons (Fsp3) is 0.273. The average molecular weight is 254 g/mol. The molecule has 0 aliphatic rings. The lowest BCUT2D eigenvalue weighted by atomic mass is 10.3. The van der Waals surface area contributed by atoms with E-state index in [0.29, 0.717) is 0 Å². The summed E-state index contributed by atoms with van der Waals surface area (Å²) < 4.78 is 0. The minimum absolute atomic E-state index is 0.0207. The van der Waals surface area contributed by atoms with E-state index in [2.05, 4.69) is 5.43 Å². The number of carbonyl (C=O) groups excluding carboxylic acids is 1. The van der Waals surface area contributed by atoms with Gasteiger partial charge in [0.1, 0.15) is 0 Å². The summed E-state index contributed by atoms with van der Waals surface area (Å²) in [4.78, 5) is 21.7. The molecule has 0 aliphatic carbocycles. The number of carboxylic acids is 1. The molecule has 0 unspecified atom stereocenters. The van der Waals surface area contributed by atoms with Gasteiger partial charge in [0, 0.05) is 12.8 Å². The molecule has 17 heavy (non-hydrogen) atoms. The summed E-state index contributed by atoms with van der Waals surface area (Å²) in [6.07, 6.45) is -0.0207. The standard InChI is InChI=1S/C11H14N2O3S/c1-13(9-5-3-2-4-6-9)12-11(16)17-8-7-10(14)15/h2-6H,7-8H2,1H3,(H,12,16)(H,14,15). The molecule has 0 spiro atoms. The normalized spacial score (nSPS) is 9.71. The average Bonchev–Trinajstić information content (AvgIpc) is 2.29. The van der Waals surface area contributed by atoms with Gasteiger partial charge in [-0.2, -0.15) is 0 Å². The van der Waals surface area contributed by atoms with Gasteiger partial charge in [0.2, 0.25) is 0 Å². The van der Waals surface area contributed by atoms with Crippen LogP contribution in [0, 0.1) is 0 Å². The van der Waals surface area contributed by atoms with Crippen LogP contribution in [0.3, 0.4) is 0 Å². The Balaban J connectivity index is 2.34. The maximum absolute atomic E-state index is 11.4. The highest BCUT2D eigenvalue weighted by molar-refractivity contribution is 8.13. The highest BCUT2D eigenvalue weighted by Crippen LogP contribution is 2.10. The number of carbonyl (C=O) groups is 2. The summed E-state index contributed by atoms with van der Waals surface area (Å²) in [7, 11) is 1.73. The molecule has 0 heterocycles. The Hall–Kier alpha value is -1.69. The van der Waals surface area contributed by atoms with Crippen molar-refractivity contribution >= 4 is 28.7 Å². The van der Waals surface area contributed by atoms with Crippen LogP contribution in [-0.2, 0) is 4.79 Å². The number of hydrogen-bond donors (Lipinski definition) is 2. The van der Waals surface area contributed by atoms with Crippen molar-refractivity contribution in [3.05, 3.63) is 30.3 Å². The van der Waals surface area contributed by atoms with Gasteiger partial charge in [-0.25, -0.2) is 0 Å². The molecule has 0 atom stereocenters. The van der Waals surface area contributed by atoms with E-state index in [9.17, 15) is 9.59 Å². The number of nitrogens with zero attached hydrogens (tertiary/aromatic N) is 1. The SMILES string of the molecule is CN(NC(=O)SCCC(=O)O)c1ccccc1. The molecular weight excluding hydrogens is 240 g/mol. The number of para-hydroxylation sites is 1. The van der Waals surface area contributed by atoms with Gasteiger partial charge in [-0.15, -0.1) is 0 Å². The predicted molar refractivity (Wildman–Crippen MR) is 68.1 cm³/mol. The van der Waals surface area contributed by atoms with E-state index in [1.807, 2.05) is 30.3 Å². The molecule has 1 aromatic carbocycles. The van der Waals surface area contributed by atoms with Crippen molar-refractivity contribution in [1.29, 1.82) is 0 Å². The molecule has 0 aliphatic heterocycles. The highest BCUT2D eigenvalue weighted by atomic mass is 32.2. The van der Waals surface area contributed by atoms with Crippen molar-refractivity contribution in [2.45, 2.75) is 6.42 Å². The fourth-order valence-corrected chi connectivity index (χ4v) is 1.78. The van der Waals surface area contributed by atoms with E-state index in [1.165, 1.54) is 0 Å². The van der Waals surface area contributed by atoms with Gasteiger partial charge in [-0.3, -0.25) is 20.0 Å². The molecule has 0 saturated heterocycles. The Morgan fingerprint density at radius 1 is 1.35 bits per heavy atom. The molecule has 0 aromatic heterocycles. The summed E-state index contributed by atoms with van der Waals surface area (Å²) in [5.74, 6) is -0.634. The van der Waals surface area contributed by atoms with Crippen molar-refractivity contribution in [2.75, 3.05) is 17.8 Å². The Bertz CT molecular complexity index is 384. The zero-order chi connectivity index (χ0) is 12.7. The van der Waals surface area contributed by atoms with Crippen LogP contribution in [0.2, 0.25) is 0 Å². The summed E-state index contributed by atoms with van der Waals surface area (Å²) in [5.41, 5.74) is 3.50. The van der Waals surface area contributed by atoms with E-state index in [-0.39, 0.29) is 17.4 Å². The maximum Gasteiger partial charge on any atom is 0.304 e. The quantitative estimate of drug-likeness (QED) is 0.786. The number of hydrazine groups is 1. The number of thioether (sulfide) groups is 1. The fourth-order valence-electron chi connectivity index (χ4n) is 1.12. The van der Waals surface area contributed by atoms with Crippen molar-refractivity contribution in [2.24, 2.45) is 0 Å². The molecular formula is C11H14N2O3S. The lowest BCUT2D eigenvalue weighted by molar-refractivity contribution is -0.136. The molecule has 2 N–H and O–H groups in total. The van der Waals surface area contributed by atoms with Gasteiger partial charge in [-0.1, -0.05) is 30.0 Å². The van der Waals surface area contributed by atoms with Gasteiger partial charge in [0.15, 0.2) is 0 Å². The Labute approximate surface area is 104 Å². The number of nitrogens with one attached hydrogen (secondary N) is 1. The van der Waals surface area contributed by atoms with E-state index >= 15 is 0 Å².